The number of ether oxygens (including phenoxy) is 1. The topological polar surface area (TPSA) is 12.5 Å². The van der Waals surface area contributed by atoms with Crippen molar-refractivity contribution < 1.29 is 4.74 Å². The lowest BCUT2D eigenvalue weighted by Gasteiger charge is -2.36. The minimum atomic E-state index is -1.57. The molecule has 0 aliphatic rings. The van der Waals surface area contributed by atoms with E-state index in [-0.39, 0.29) is 0 Å². The number of hydrogen-bond donors (Lipinski definition) is 0. The van der Waals surface area contributed by atoms with Gasteiger partial charge in [0.25, 0.3) is 0 Å². The molecule has 0 amide bonds. The van der Waals surface area contributed by atoms with Crippen LogP contribution in [0.2, 0.25) is 13.1 Å². The molecule has 0 spiro atoms. The second-order valence-corrected chi connectivity index (χ2v) is 8.72. The number of rotatable bonds is 5. The Balaban J connectivity index is 3.14. The van der Waals surface area contributed by atoms with Crippen molar-refractivity contribution in [2.24, 2.45) is 0 Å². The highest BCUT2D eigenvalue weighted by molar-refractivity contribution is 6.88. The molecule has 0 saturated carbocycles. The molecular formula is C13H23NOSi. The molecule has 2 nitrogen and oxygen atoms in total. The molecule has 0 heterocycles. The van der Waals surface area contributed by atoms with Gasteiger partial charge in [0.2, 0.25) is 0 Å². The highest BCUT2D eigenvalue weighted by Gasteiger charge is 2.32. The first-order valence-corrected chi connectivity index (χ1v) is 8.91. The van der Waals surface area contributed by atoms with Gasteiger partial charge in [-0.1, -0.05) is 45.1 Å². The molecule has 0 radical (unpaired) electrons. The molecule has 90 valence electrons. The molecule has 1 aromatic carbocycles. The van der Waals surface area contributed by atoms with Crippen molar-refractivity contribution >= 4 is 13.4 Å². The van der Waals surface area contributed by atoms with Gasteiger partial charge in [0.15, 0.2) is 8.24 Å². The van der Waals surface area contributed by atoms with Crippen LogP contribution in [-0.4, -0.2) is 33.0 Å². The standard InChI is InChI=1S/C13H23NOSi/c1-6-14(7-2)16(4,5)13-11-9-8-10-12(13)15-3/h8-11H,6-7H2,1-5H3. The number of nitrogens with zero attached hydrogens (tertiary/aromatic N) is 1. The van der Waals surface area contributed by atoms with Gasteiger partial charge < -0.3 is 9.30 Å². The van der Waals surface area contributed by atoms with Crippen LogP contribution in [0.25, 0.3) is 0 Å². The lowest BCUT2D eigenvalue weighted by atomic mass is 10.3. The normalized spacial score (nSPS) is 11.9. The largest absolute Gasteiger partial charge is 0.497 e. The van der Waals surface area contributed by atoms with Crippen LogP contribution < -0.4 is 9.92 Å². The summed E-state index contributed by atoms with van der Waals surface area (Å²) >= 11 is 0. The maximum atomic E-state index is 5.48. The first-order chi connectivity index (χ1) is 7.57. The molecule has 1 aromatic rings. The highest BCUT2D eigenvalue weighted by atomic mass is 28.3. The third kappa shape index (κ3) is 2.47. The summed E-state index contributed by atoms with van der Waals surface area (Å²) in [4.78, 5) is 0. The molecule has 1 rings (SSSR count). The molecule has 0 saturated heterocycles. The molecular weight excluding hydrogens is 214 g/mol. The van der Waals surface area contributed by atoms with Crippen LogP contribution >= 0.6 is 0 Å². The zero-order valence-electron chi connectivity index (χ0n) is 11.1. The van der Waals surface area contributed by atoms with Gasteiger partial charge in [-0.25, -0.2) is 0 Å². The summed E-state index contributed by atoms with van der Waals surface area (Å²) in [5.41, 5.74) is 0. The predicted octanol–water partition coefficient (Wildman–Crippen LogP) is 2.45. The van der Waals surface area contributed by atoms with E-state index in [9.17, 15) is 0 Å². The van der Waals surface area contributed by atoms with E-state index in [1.807, 2.05) is 6.07 Å². The van der Waals surface area contributed by atoms with Gasteiger partial charge in [-0.05, 0) is 24.3 Å². The molecule has 0 atom stereocenters. The Morgan fingerprint density at radius 3 is 2.19 bits per heavy atom. The van der Waals surface area contributed by atoms with Crippen molar-refractivity contribution in [3.05, 3.63) is 24.3 Å². The van der Waals surface area contributed by atoms with Crippen molar-refractivity contribution in [1.29, 1.82) is 0 Å². The molecule has 0 N–H and O–H groups in total. The smallest absolute Gasteiger partial charge is 0.158 e. The summed E-state index contributed by atoms with van der Waals surface area (Å²) in [6.45, 7) is 11.4. The number of methoxy groups -OCH3 is 1. The maximum absolute atomic E-state index is 5.48. The Bertz CT molecular complexity index is 334. The lowest BCUT2D eigenvalue weighted by Crippen LogP contribution is -2.57. The van der Waals surface area contributed by atoms with Crippen LogP contribution in [0.15, 0.2) is 24.3 Å². The summed E-state index contributed by atoms with van der Waals surface area (Å²) < 4.78 is 8.05. The van der Waals surface area contributed by atoms with E-state index in [0.29, 0.717) is 0 Å². The van der Waals surface area contributed by atoms with Crippen molar-refractivity contribution in [1.82, 2.24) is 4.57 Å². The number of para-hydroxylation sites is 1. The van der Waals surface area contributed by atoms with Gasteiger partial charge in [-0.15, -0.1) is 0 Å². The van der Waals surface area contributed by atoms with Crippen LogP contribution in [0.1, 0.15) is 13.8 Å². The predicted molar refractivity (Wildman–Crippen MR) is 73.0 cm³/mol. The third-order valence-electron chi connectivity index (χ3n) is 3.32. The van der Waals surface area contributed by atoms with E-state index < -0.39 is 8.24 Å². The Morgan fingerprint density at radius 1 is 1.12 bits per heavy atom. The van der Waals surface area contributed by atoms with Crippen LogP contribution in [-0.2, 0) is 0 Å². The van der Waals surface area contributed by atoms with Crippen LogP contribution in [0, 0.1) is 0 Å². The van der Waals surface area contributed by atoms with Gasteiger partial charge in [0, 0.05) is 0 Å². The maximum Gasteiger partial charge on any atom is 0.158 e. The zero-order valence-corrected chi connectivity index (χ0v) is 12.1. The Labute approximate surface area is 100 Å². The van der Waals surface area contributed by atoms with Crippen molar-refractivity contribution in [2.75, 3.05) is 20.2 Å². The Morgan fingerprint density at radius 2 is 1.69 bits per heavy atom. The number of hydrogen-bond acceptors (Lipinski definition) is 2. The van der Waals surface area contributed by atoms with Crippen molar-refractivity contribution in [3.8, 4) is 5.75 Å². The fraction of sp³-hybridized carbons (Fsp3) is 0.538. The first-order valence-electron chi connectivity index (χ1n) is 5.96. The summed E-state index contributed by atoms with van der Waals surface area (Å²) in [5, 5.41) is 1.39. The minimum absolute atomic E-state index is 1.03. The van der Waals surface area contributed by atoms with Crippen LogP contribution in [0.4, 0.5) is 0 Å². The van der Waals surface area contributed by atoms with E-state index in [4.69, 9.17) is 4.74 Å². The lowest BCUT2D eigenvalue weighted by molar-refractivity contribution is 0.415. The fourth-order valence-corrected chi connectivity index (χ4v) is 5.55. The second kappa shape index (κ2) is 5.50. The van der Waals surface area contributed by atoms with E-state index in [2.05, 4.69) is 49.7 Å². The Hall–Kier alpha value is -0.803. The SMILES string of the molecule is CCN(CC)[Si](C)(C)c1ccccc1OC. The van der Waals surface area contributed by atoms with Crippen LogP contribution in [0.3, 0.4) is 0 Å². The molecule has 3 heteroatoms. The summed E-state index contributed by atoms with van der Waals surface area (Å²) in [5.74, 6) is 1.03. The second-order valence-electron chi connectivity index (χ2n) is 4.43. The average Bonchev–Trinajstić information content (AvgIpc) is 2.30. The van der Waals surface area contributed by atoms with E-state index in [1.54, 1.807) is 7.11 Å². The zero-order chi connectivity index (χ0) is 12.2. The molecule has 0 aromatic heterocycles. The molecule has 0 aliphatic heterocycles. The summed E-state index contributed by atoms with van der Waals surface area (Å²) in [6, 6.07) is 8.42. The van der Waals surface area contributed by atoms with Gasteiger partial charge in [0.1, 0.15) is 5.75 Å². The van der Waals surface area contributed by atoms with E-state index in [0.717, 1.165) is 18.8 Å². The fourth-order valence-electron chi connectivity index (χ4n) is 2.33. The van der Waals surface area contributed by atoms with Gasteiger partial charge in [-0.3, -0.25) is 0 Å². The quantitative estimate of drug-likeness (QED) is 0.729. The molecule has 0 fully saturated rings. The first kappa shape index (κ1) is 13.3. The summed E-state index contributed by atoms with van der Waals surface area (Å²) in [6.07, 6.45) is 0. The van der Waals surface area contributed by atoms with Crippen LogP contribution in [0.5, 0.6) is 5.75 Å². The van der Waals surface area contributed by atoms with Gasteiger partial charge in [0.05, 0.1) is 7.11 Å². The van der Waals surface area contributed by atoms with Crippen molar-refractivity contribution in [2.45, 2.75) is 26.9 Å². The number of benzene rings is 1. The third-order valence-corrected chi connectivity index (χ3v) is 7.27. The molecule has 0 unspecified atom stereocenters. The highest BCUT2D eigenvalue weighted by Crippen LogP contribution is 2.17. The van der Waals surface area contributed by atoms with Gasteiger partial charge >= 0.3 is 0 Å². The van der Waals surface area contributed by atoms with Crippen molar-refractivity contribution in [3.63, 3.8) is 0 Å². The summed E-state index contributed by atoms with van der Waals surface area (Å²) in [7, 11) is 0.189. The van der Waals surface area contributed by atoms with Gasteiger partial charge in [-0.2, -0.15) is 0 Å². The Kier molecular flexibility index (Phi) is 4.56. The average molecular weight is 237 g/mol. The van der Waals surface area contributed by atoms with E-state index >= 15 is 0 Å². The molecule has 0 aliphatic carbocycles. The molecule has 0 bridgehead atoms. The minimum Gasteiger partial charge on any atom is -0.497 e. The monoisotopic (exact) mass is 237 g/mol. The van der Waals surface area contributed by atoms with E-state index in [1.165, 1.54) is 5.19 Å². The molecule has 16 heavy (non-hydrogen) atoms.